The monoisotopic (exact) mass is 330 g/mol. The molecule has 1 aliphatic heterocycles. The van der Waals surface area contributed by atoms with Crippen molar-refractivity contribution in [2.24, 2.45) is 21.9 Å². The number of piperidine rings is 1. The van der Waals surface area contributed by atoms with Gasteiger partial charge in [-0.2, -0.15) is 5.10 Å². The predicted molar refractivity (Wildman–Crippen MR) is 94.0 cm³/mol. The van der Waals surface area contributed by atoms with E-state index in [2.05, 4.69) is 15.7 Å². The van der Waals surface area contributed by atoms with E-state index in [1.54, 1.807) is 29.2 Å². The van der Waals surface area contributed by atoms with Crippen LogP contribution in [0.1, 0.15) is 30.1 Å². The normalized spacial score (nSPS) is 21.7. The van der Waals surface area contributed by atoms with Crippen molar-refractivity contribution < 1.29 is 10.0 Å². The quantitative estimate of drug-likeness (QED) is 0.284. The second-order valence-electron chi connectivity index (χ2n) is 5.71. The molecule has 0 bridgehead atoms. The second-order valence-corrected chi connectivity index (χ2v) is 5.71. The summed E-state index contributed by atoms with van der Waals surface area (Å²) in [6.07, 6.45) is 3.91. The number of hydrogen-bond donors (Lipinski definition) is 4. The highest BCUT2D eigenvalue weighted by atomic mass is 16.4. The largest absolute Gasteiger partial charge is 0.409 e. The summed E-state index contributed by atoms with van der Waals surface area (Å²) in [5.41, 5.74) is 9.55. The first-order valence-electron chi connectivity index (χ1n) is 7.74. The number of nitrogens with two attached hydrogens (primary N) is 1. The molecule has 0 radical (unpaired) electrons. The zero-order valence-electron chi connectivity index (χ0n) is 13.5. The number of carbonyl (C=O) groups excluding carboxylic acids is 1. The molecule has 1 saturated heterocycles. The Labute approximate surface area is 140 Å². The van der Waals surface area contributed by atoms with Gasteiger partial charge in [-0.3, -0.25) is 10.2 Å². The molecular weight excluding hydrogens is 308 g/mol. The van der Waals surface area contributed by atoms with Crippen molar-refractivity contribution in [2.75, 3.05) is 12.0 Å². The number of rotatable bonds is 5. The van der Waals surface area contributed by atoms with E-state index >= 15 is 0 Å². The lowest BCUT2D eigenvalue weighted by atomic mass is 9.92. The summed E-state index contributed by atoms with van der Waals surface area (Å²) in [5, 5.41) is 22.8. The molecule has 8 heteroatoms. The zero-order chi connectivity index (χ0) is 17.5. The highest BCUT2D eigenvalue weighted by molar-refractivity contribution is 6.14. The van der Waals surface area contributed by atoms with Crippen LogP contribution in [0.2, 0.25) is 0 Å². The molecule has 0 unspecified atom stereocenters. The van der Waals surface area contributed by atoms with Crippen molar-refractivity contribution >= 4 is 29.9 Å². The fourth-order valence-corrected chi connectivity index (χ4v) is 2.78. The maximum absolute atomic E-state index is 13.0. The van der Waals surface area contributed by atoms with Crippen LogP contribution < -0.4 is 11.2 Å². The van der Waals surface area contributed by atoms with E-state index in [0.717, 1.165) is 19.1 Å². The van der Waals surface area contributed by atoms with Gasteiger partial charge in [0.15, 0.2) is 0 Å². The molecule has 1 fully saturated rings. The fraction of sp³-hybridized carbons (Fsp3) is 0.375. The zero-order valence-corrected chi connectivity index (χ0v) is 13.5. The number of nitrogens with zero attached hydrogens (tertiary/aromatic N) is 3. The van der Waals surface area contributed by atoms with Gasteiger partial charge in [-0.1, -0.05) is 17.3 Å². The first kappa shape index (κ1) is 17.5. The summed E-state index contributed by atoms with van der Waals surface area (Å²) in [4.78, 5) is 14.7. The number of carbonyl (C=O) groups is 1. The molecule has 24 heavy (non-hydrogen) atoms. The van der Waals surface area contributed by atoms with Gasteiger partial charge < -0.3 is 21.3 Å². The molecule has 1 amide bonds. The van der Waals surface area contributed by atoms with Crippen molar-refractivity contribution in [3.05, 3.63) is 29.8 Å². The van der Waals surface area contributed by atoms with Gasteiger partial charge in [0.05, 0.1) is 17.5 Å². The van der Waals surface area contributed by atoms with Gasteiger partial charge >= 0.3 is 0 Å². The Morgan fingerprint density at radius 2 is 2.21 bits per heavy atom. The van der Waals surface area contributed by atoms with E-state index in [1.165, 1.54) is 6.21 Å². The SMILES string of the molecule is C[C@@H]1CC[C@@H](C(N)=NO)CN1C(=O)c1ccccc1N/N=C\C=N. The van der Waals surface area contributed by atoms with Gasteiger partial charge in [-0.25, -0.2) is 0 Å². The van der Waals surface area contributed by atoms with E-state index in [-0.39, 0.29) is 23.7 Å². The Morgan fingerprint density at radius 3 is 2.92 bits per heavy atom. The van der Waals surface area contributed by atoms with Gasteiger partial charge in [0.1, 0.15) is 5.84 Å². The lowest BCUT2D eigenvalue weighted by molar-refractivity contribution is 0.0602. The van der Waals surface area contributed by atoms with Gasteiger partial charge in [-0.05, 0) is 31.9 Å². The van der Waals surface area contributed by atoms with Crippen molar-refractivity contribution in [1.82, 2.24) is 4.90 Å². The lowest BCUT2D eigenvalue weighted by Crippen LogP contribution is -2.48. The number of para-hydroxylation sites is 1. The molecule has 0 aromatic heterocycles. The maximum atomic E-state index is 13.0. The number of amidine groups is 1. The Kier molecular flexibility index (Phi) is 5.89. The number of amides is 1. The number of hydrazone groups is 1. The van der Waals surface area contributed by atoms with Crippen molar-refractivity contribution in [3.63, 3.8) is 0 Å². The molecule has 8 nitrogen and oxygen atoms in total. The summed E-state index contributed by atoms with van der Waals surface area (Å²) in [6, 6.07) is 7.14. The van der Waals surface area contributed by atoms with Crippen LogP contribution in [-0.2, 0) is 0 Å². The minimum Gasteiger partial charge on any atom is -0.409 e. The lowest BCUT2D eigenvalue weighted by Gasteiger charge is -2.37. The molecule has 128 valence electrons. The van der Waals surface area contributed by atoms with Gasteiger partial charge in [0.2, 0.25) is 0 Å². The molecule has 0 spiro atoms. The molecule has 2 rings (SSSR count). The van der Waals surface area contributed by atoms with Crippen LogP contribution >= 0.6 is 0 Å². The summed E-state index contributed by atoms with van der Waals surface area (Å²) in [6.45, 7) is 2.40. The third-order valence-corrected chi connectivity index (χ3v) is 4.17. The molecule has 0 aliphatic carbocycles. The molecule has 1 aromatic rings. The number of oxime groups is 1. The summed E-state index contributed by atoms with van der Waals surface area (Å²) in [5.74, 6) is -0.126. The van der Waals surface area contributed by atoms with Crippen LogP contribution in [0.15, 0.2) is 34.5 Å². The third kappa shape index (κ3) is 3.89. The van der Waals surface area contributed by atoms with E-state index in [1.807, 2.05) is 6.92 Å². The van der Waals surface area contributed by atoms with Crippen molar-refractivity contribution in [3.8, 4) is 0 Å². The highest BCUT2D eigenvalue weighted by Gasteiger charge is 2.32. The van der Waals surface area contributed by atoms with Gasteiger partial charge in [0, 0.05) is 24.7 Å². The molecule has 1 aromatic carbocycles. The number of hydrogen-bond acceptors (Lipinski definition) is 6. The number of anilines is 1. The fourth-order valence-electron chi connectivity index (χ4n) is 2.78. The minimum absolute atomic E-state index is 0.0679. The molecule has 2 atom stereocenters. The third-order valence-electron chi connectivity index (χ3n) is 4.17. The van der Waals surface area contributed by atoms with Gasteiger partial charge in [0.25, 0.3) is 5.91 Å². The van der Waals surface area contributed by atoms with Crippen LogP contribution in [0.5, 0.6) is 0 Å². The van der Waals surface area contributed by atoms with E-state index in [0.29, 0.717) is 17.8 Å². The highest BCUT2D eigenvalue weighted by Crippen LogP contribution is 2.26. The predicted octanol–water partition coefficient (Wildman–Crippen LogP) is 1.72. The summed E-state index contributed by atoms with van der Waals surface area (Å²) in [7, 11) is 0. The molecule has 1 heterocycles. The van der Waals surface area contributed by atoms with E-state index in [4.69, 9.17) is 16.4 Å². The molecular formula is C16H22N6O2. The minimum atomic E-state index is -0.147. The summed E-state index contributed by atoms with van der Waals surface area (Å²) < 4.78 is 0. The topological polar surface area (TPSA) is 127 Å². The van der Waals surface area contributed by atoms with Crippen LogP contribution in [0, 0.1) is 11.3 Å². The van der Waals surface area contributed by atoms with Crippen LogP contribution in [0.4, 0.5) is 5.69 Å². The summed E-state index contributed by atoms with van der Waals surface area (Å²) >= 11 is 0. The van der Waals surface area contributed by atoms with Gasteiger partial charge in [-0.15, -0.1) is 0 Å². The smallest absolute Gasteiger partial charge is 0.256 e. The van der Waals surface area contributed by atoms with Crippen molar-refractivity contribution in [2.45, 2.75) is 25.8 Å². The number of nitrogens with one attached hydrogen (secondary N) is 2. The first-order valence-corrected chi connectivity index (χ1v) is 7.74. The van der Waals surface area contributed by atoms with Crippen LogP contribution in [0.3, 0.4) is 0 Å². The Bertz CT molecular complexity index is 658. The van der Waals surface area contributed by atoms with Crippen LogP contribution in [-0.4, -0.2) is 46.9 Å². The molecule has 5 N–H and O–H groups in total. The Hall–Kier alpha value is -2.90. The first-order chi connectivity index (χ1) is 11.6. The van der Waals surface area contributed by atoms with E-state index < -0.39 is 0 Å². The van der Waals surface area contributed by atoms with E-state index in [9.17, 15) is 4.79 Å². The average molecular weight is 330 g/mol. The Balaban J connectivity index is 2.23. The number of likely N-dealkylation sites (tertiary alicyclic amines) is 1. The standard InChI is InChI=1S/C16H22N6O2/c1-11-6-7-12(15(18)21-24)10-22(11)16(23)13-4-2-3-5-14(13)20-19-9-8-17/h2-5,8-9,11-12,17,20,24H,6-7,10H2,1H3,(H2,18,21)/b17-8?,19-9-/t11-,12-/m1/s1. The van der Waals surface area contributed by atoms with Crippen LogP contribution in [0.25, 0.3) is 0 Å². The second kappa shape index (κ2) is 8.09. The molecule has 1 aliphatic rings. The molecule has 0 saturated carbocycles. The Morgan fingerprint density at radius 1 is 1.46 bits per heavy atom. The average Bonchev–Trinajstić information content (AvgIpc) is 2.61. The maximum Gasteiger partial charge on any atom is 0.256 e. The number of benzene rings is 1. The van der Waals surface area contributed by atoms with Crippen molar-refractivity contribution in [1.29, 1.82) is 5.41 Å².